The Kier molecular flexibility index (Phi) is 3.97. The minimum absolute atomic E-state index is 0.000974. The normalized spacial score (nSPS) is 20.3. The molecule has 7 heteroatoms. The van der Waals surface area contributed by atoms with Crippen molar-refractivity contribution in [3.63, 3.8) is 0 Å². The van der Waals surface area contributed by atoms with E-state index in [2.05, 4.69) is 4.98 Å². The predicted octanol–water partition coefficient (Wildman–Crippen LogP) is 2.85. The number of hydrogen-bond acceptors (Lipinski definition) is 5. The number of benzene rings is 1. The fraction of sp³-hybridized carbons (Fsp3) is 0.273. The molecule has 0 bridgehead atoms. The second-order valence-electron chi connectivity index (χ2n) is 7.67. The van der Waals surface area contributed by atoms with E-state index < -0.39 is 6.09 Å². The Balaban J connectivity index is 1.62. The Morgan fingerprint density at radius 1 is 1.14 bits per heavy atom. The number of carbonyl (C=O) groups is 1. The van der Waals surface area contributed by atoms with E-state index in [9.17, 15) is 19.5 Å². The van der Waals surface area contributed by atoms with Crippen LogP contribution in [0.15, 0.2) is 56.8 Å². The lowest BCUT2D eigenvalue weighted by Crippen LogP contribution is -2.26. The average Bonchev–Trinajstić information content (AvgIpc) is 3.08. The molecular formula is C22H18N2O5. The Bertz CT molecular complexity index is 1270. The van der Waals surface area contributed by atoms with E-state index >= 15 is 0 Å². The van der Waals surface area contributed by atoms with Crippen molar-refractivity contribution in [2.45, 2.75) is 18.8 Å². The molecule has 29 heavy (non-hydrogen) atoms. The smallest absolute Gasteiger partial charge is 0.407 e. The van der Waals surface area contributed by atoms with Gasteiger partial charge in [-0.1, -0.05) is 0 Å². The molecule has 1 aliphatic carbocycles. The van der Waals surface area contributed by atoms with Crippen molar-refractivity contribution in [1.29, 1.82) is 0 Å². The molecule has 2 aromatic heterocycles. The summed E-state index contributed by atoms with van der Waals surface area (Å²) in [6, 6.07) is 8.03. The van der Waals surface area contributed by atoms with E-state index in [1.807, 2.05) is 0 Å². The summed E-state index contributed by atoms with van der Waals surface area (Å²) in [6.07, 6.45) is 3.57. The summed E-state index contributed by atoms with van der Waals surface area (Å²) >= 11 is 0. The van der Waals surface area contributed by atoms with E-state index in [0.717, 1.165) is 17.5 Å². The maximum absolute atomic E-state index is 12.9. The fourth-order valence-corrected chi connectivity index (χ4v) is 4.60. The first-order valence-electron chi connectivity index (χ1n) is 9.54. The Labute approximate surface area is 165 Å². The van der Waals surface area contributed by atoms with E-state index in [0.29, 0.717) is 41.7 Å². The van der Waals surface area contributed by atoms with E-state index in [1.165, 1.54) is 23.3 Å². The summed E-state index contributed by atoms with van der Waals surface area (Å²) in [7, 11) is 0. The van der Waals surface area contributed by atoms with Crippen molar-refractivity contribution in [1.82, 2.24) is 9.88 Å². The molecule has 146 valence electrons. The number of aromatic nitrogens is 1. The second kappa shape index (κ2) is 6.55. The van der Waals surface area contributed by atoms with Gasteiger partial charge in [-0.25, -0.2) is 4.79 Å². The van der Waals surface area contributed by atoms with E-state index in [1.54, 1.807) is 24.4 Å². The molecule has 1 N–H and O–H groups in total. The zero-order valence-corrected chi connectivity index (χ0v) is 15.5. The van der Waals surface area contributed by atoms with Crippen LogP contribution < -0.4 is 10.9 Å². The van der Waals surface area contributed by atoms with Crippen molar-refractivity contribution in [2.24, 2.45) is 5.92 Å². The van der Waals surface area contributed by atoms with Crippen LogP contribution in [0.1, 0.15) is 23.5 Å². The molecule has 1 aliphatic heterocycles. The van der Waals surface area contributed by atoms with Crippen LogP contribution in [0.3, 0.4) is 0 Å². The minimum atomic E-state index is -0.924. The molecule has 3 heterocycles. The molecule has 1 fully saturated rings. The first kappa shape index (κ1) is 17.6. The molecule has 0 spiro atoms. The minimum Gasteiger partial charge on any atom is -0.465 e. The summed E-state index contributed by atoms with van der Waals surface area (Å²) in [4.78, 5) is 42.4. The van der Waals surface area contributed by atoms with Gasteiger partial charge in [0, 0.05) is 48.5 Å². The Morgan fingerprint density at radius 2 is 2.00 bits per heavy atom. The summed E-state index contributed by atoms with van der Waals surface area (Å²) in [6.45, 7) is 0.893. The summed E-state index contributed by atoms with van der Waals surface area (Å²) in [5, 5.41) is 9.76. The van der Waals surface area contributed by atoms with Crippen molar-refractivity contribution in [3.05, 3.63) is 74.4 Å². The van der Waals surface area contributed by atoms with Gasteiger partial charge >= 0.3 is 6.09 Å². The maximum Gasteiger partial charge on any atom is 0.407 e. The molecule has 7 nitrogen and oxygen atoms in total. The summed E-state index contributed by atoms with van der Waals surface area (Å²) in [5.41, 5.74) is 2.94. The zero-order valence-electron chi connectivity index (χ0n) is 15.5. The predicted molar refractivity (Wildman–Crippen MR) is 106 cm³/mol. The molecule has 0 saturated carbocycles. The lowest BCUT2D eigenvalue weighted by Gasteiger charge is -2.24. The molecule has 1 aromatic carbocycles. The number of hydrogen-bond donors (Lipinski definition) is 1. The number of likely N-dealkylation sites (tertiary alicyclic amines) is 1. The third kappa shape index (κ3) is 2.90. The van der Waals surface area contributed by atoms with Gasteiger partial charge in [0.05, 0.1) is 17.3 Å². The molecular weight excluding hydrogens is 372 g/mol. The number of amides is 1. The van der Waals surface area contributed by atoms with Crippen LogP contribution in [0.2, 0.25) is 0 Å². The monoisotopic (exact) mass is 390 g/mol. The van der Waals surface area contributed by atoms with Crippen LogP contribution in [0.4, 0.5) is 4.79 Å². The fourth-order valence-electron chi connectivity index (χ4n) is 4.60. The molecule has 3 aromatic rings. The number of carboxylic acid groups (broad SMARTS) is 1. The van der Waals surface area contributed by atoms with Crippen LogP contribution in [0, 0.1) is 5.92 Å². The van der Waals surface area contributed by atoms with Gasteiger partial charge in [-0.05, 0) is 42.5 Å². The van der Waals surface area contributed by atoms with Crippen LogP contribution in [-0.4, -0.2) is 34.2 Å². The van der Waals surface area contributed by atoms with Crippen molar-refractivity contribution >= 4 is 17.1 Å². The lowest BCUT2D eigenvalue weighted by atomic mass is 9.78. The van der Waals surface area contributed by atoms with Gasteiger partial charge in [0.15, 0.2) is 10.9 Å². The highest BCUT2D eigenvalue weighted by Gasteiger charge is 2.40. The molecule has 1 amide bonds. The van der Waals surface area contributed by atoms with E-state index in [4.69, 9.17) is 4.42 Å². The van der Waals surface area contributed by atoms with Gasteiger partial charge in [0.2, 0.25) is 0 Å². The zero-order chi connectivity index (χ0) is 20.1. The molecule has 0 radical (unpaired) electrons. The van der Waals surface area contributed by atoms with Crippen LogP contribution in [0.25, 0.3) is 22.2 Å². The van der Waals surface area contributed by atoms with Gasteiger partial charge in [0.1, 0.15) is 5.58 Å². The van der Waals surface area contributed by atoms with Crippen LogP contribution >= 0.6 is 0 Å². The van der Waals surface area contributed by atoms with Gasteiger partial charge in [-0.2, -0.15) is 0 Å². The maximum atomic E-state index is 12.9. The number of nitrogens with zero attached hydrogens (tertiary/aromatic N) is 2. The van der Waals surface area contributed by atoms with Crippen LogP contribution in [0.5, 0.6) is 0 Å². The summed E-state index contributed by atoms with van der Waals surface area (Å²) < 4.78 is 5.35. The second-order valence-corrected chi connectivity index (χ2v) is 7.67. The van der Waals surface area contributed by atoms with E-state index in [-0.39, 0.29) is 22.7 Å². The Morgan fingerprint density at radius 3 is 2.83 bits per heavy atom. The largest absolute Gasteiger partial charge is 0.465 e. The third-order valence-electron chi connectivity index (χ3n) is 6.09. The van der Waals surface area contributed by atoms with Gasteiger partial charge in [-0.3, -0.25) is 14.6 Å². The van der Waals surface area contributed by atoms with Crippen molar-refractivity contribution < 1.29 is 14.3 Å². The first-order valence-corrected chi connectivity index (χ1v) is 9.54. The van der Waals surface area contributed by atoms with Gasteiger partial charge in [0.25, 0.3) is 0 Å². The standard InChI is InChI=1S/C22H18N2O5/c25-19-5-6-29-21-4-2-12(7-15(19)21)18-8-20(26)14-3-1-13-10-24(22(27)28)11-17(13)16(14)9-23-18/h2,4-9,13,17H,1,3,10-11H2,(H,27,28). The molecule has 2 atom stereocenters. The van der Waals surface area contributed by atoms with Crippen molar-refractivity contribution in [3.8, 4) is 11.3 Å². The highest BCUT2D eigenvalue weighted by atomic mass is 16.4. The first-order chi connectivity index (χ1) is 14.0. The topological polar surface area (TPSA) is 101 Å². The third-order valence-corrected chi connectivity index (χ3v) is 6.09. The van der Waals surface area contributed by atoms with Gasteiger partial charge in [-0.15, -0.1) is 0 Å². The van der Waals surface area contributed by atoms with Crippen LogP contribution in [-0.2, 0) is 6.42 Å². The highest BCUT2D eigenvalue weighted by molar-refractivity contribution is 5.82. The summed E-state index contributed by atoms with van der Waals surface area (Å²) in [5.74, 6) is 0.217. The SMILES string of the molecule is O=C(O)N1CC2CCc3c(cnc(-c4ccc5occc(=O)c5c4)cc3=O)C2C1. The average molecular weight is 390 g/mol. The van der Waals surface area contributed by atoms with Gasteiger partial charge < -0.3 is 14.4 Å². The molecule has 1 saturated heterocycles. The lowest BCUT2D eigenvalue weighted by molar-refractivity contribution is 0.153. The quantitative estimate of drug-likeness (QED) is 0.686. The molecule has 2 unspecified atom stereocenters. The van der Waals surface area contributed by atoms with Crippen molar-refractivity contribution in [2.75, 3.05) is 13.1 Å². The number of fused-ring (bicyclic) bond motifs is 4. The highest BCUT2D eigenvalue weighted by Crippen LogP contribution is 2.40. The Hall–Kier alpha value is -3.48. The number of rotatable bonds is 1. The molecule has 5 rings (SSSR count). The molecule has 2 aliphatic rings.